The minimum Gasteiger partial charge on any atom is -0.465 e. The van der Waals surface area contributed by atoms with Crippen molar-refractivity contribution in [2.24, 2.45) is 5.92 Å². The number of ether oxygens (including phenoxy) is 1. The van der Waals surface area contributed by atoms with E-state index in [1.54, 1.807) is 23.6 Å². The topological polar surface area (TPSA) is 75.7 Å². The number of nitrogens with one attached hydrogen (secondary N) is 1. The number of benzene rings is 1. The molecule has 1 aliphatic rings. The van der Waals surface area contributed by atoms with E-state index in [2.05, 4.69) is 5.32 Å². The van der Waals surface area contributed by atoms with E-state index in [0.29, 0.717) is 18.7 Å². The highest BCUT2D eigenvalue weighted by atomic mass is 32.2. The Labute approximate surface area is 152 Å². The van der Waals surface area contributed by atoms with Crippen molar-refractivity contribution in [1.82, 2.24) is 10.2 Å². The van der Waals surface area contributed by atoms with E-state index < -0.39 is 5.97 Å². The SMILES string of the molecule is CCOC(=O)CNC(=O)N1CCC[C@@H](C(=O)c2ccccc2SC)C1. The molecule has 0 bridgehead atoms. The Hall–Kier alpha value is -2.02. The van der Waals surface area contributed by atoms with Gasteiger partial charge in [0.15, 0.2) is 5.78 Å². The molecule has 6 nitrogen and oxygen atoms in total. The van der Waals surface area contributed by atoms with Crippen LogP contribution in [0.3, 0.4) is 0 Å². The number of esters is 1. The van der Waals surface area contributed by atoms with E-state index in [1.165, 1.54) is 0 Å². The number of hydrogen-bond acceptors (Lipinski definition) is 5. The van der Waals surface area contributed by atoms with Gasteiger partial charge < -0.3 is 15.0 Å². The molecule has 1 atom stereocenters. The van der Waals surface area contributed by atoms with Crippen molar-refractivity contribution < 1.29 is 19.1 Å². The summed E-state index contributed by atoms with van der Waals surface area (Å²) in [7, 11) is 0. The van der Waals surface area contributed by atoms with Gasteiger partial charge in [0.25, 0.3) is 0 Å². The summed E-state index contributed by atoms with van der Waals surface area (Å²) >= 11 is 1.55. The maximum atomic E-state index is 12.9. The molecule has 0 spiro atoms. The van der Waals surface area contributed by atoms with Gasteiger partial charge in [-0.1, -0.05) is 18.2 Å². The Bertz CT molecular complexity index is 635. The quantitative estimate of drug-likeness (QED) is 0.477. The number of rotatable bonds is 6. The molecule has 25 heavy (non-hydrogen) atoms. The molecule has 1 aromatic carbocycles. The summed E-state index contributed by atoms with van der Waals surface area (Å²) in [6.07, 6.45) is 3.48. The van der Waals surface area contributed by atoms with Crippen LogP contribution in [0.25, 0.3) is 0 Å². The summed E-state index contributed by atoms with van der Waals surface area (Å²) in [5, 5.41) is 2.56. The summed E-state index contributed by atoms with van der Waals surface area (Å²) < 4.78 is 4.79. The van der Waals surface area contributed by atoms with Crippen molar-refractivity contribution in [2.45, 2.75) is 24.7 Å². The zero-order valence-electron chi connectivity index (χ0n) is 14.6. The second-order valence-corrected chi connectivity index (χ2v) is 6.66. The Morgan fingerprint density at radius 3 is 2.80 bits per heavy atom. The highest BCUT2D eigenvalue weighted by Gasteiger charge is 2.30. The average molecular weight is 364 g/mol. The predicted molar refractivity (Wildman–Crippen MR) is 96.9 cm³/mol. The third-order valence-electron chi connectivity index (χ3n) is 4.14. The lowest BCUT2D eigenvalue weighted by Crippen LogP contribution is -2.48. The molecular formula is C18H24N2O4S. The molecule has 0 saturated carbocycles. The van der Waals surface area contributed by atoms with Gasteiger partial charge in [0.2, 0.25) is 0 Å². The van der Waals surface area contributed by atoms with E-state index in [9.17, 15) is 14.4 Å². The molecule has 0 unspecified atom stereocenters. The number of urea groups is 1. The maximum absolute atomic E-state index is 12.9. The molecule has 0 radical (unpaired) electrons. The number of carbonyl (C=O) groups is 3. The first-order chi connectivity index (χ1) is 12.1. The van der Waals surface area contributed by atoms with E-state index in [-0.39, 0.29) is 30.9 Å². The average Bonchev–Trinajstić information content (AvgIpc) is 2.65. The highest BCUT2D eigenvalue weighted by molar-refractivity contribution is 7.98. The number of hydrogen-bond donors (Lipinski definition) is 1. The largest absolute Gasteiger partial charge is 0.465 e. The smallest absolute Gasteiger partial charge is 0.325 e. The molecule has 1 fully saturated rings. The Kier molecular flexibility index (Phi) is 7.31. The Morgan fingerprint density at radius 1 is 1.32 bits per heavy atom. The zero-order chi connectivity index (χ0) is 18.2. The van der Waals surface area contributed by atoms with E-state index in [1.807, 2.05) is 30.5 Å². The van der Waals surface area contributed by atoms with Gasteiger partial charge in [-0.05, 0) is 32.1 Å². The van der Waals surface area contributed by atoms with Gasteiger partial charge in [0.1, 0.15) is 6.54 Å². The summed E-state index contributed by atoms with van der Waals surface area (Å²) in [4.78, 5) is 39.0. The first-order valence-corrected chi connectivity index (χ1v) is 9.65. The number of nitrogens with zero attached hydrogens (tertiary/aromatic N) is 1. The molecule has 1 N–H and O–H groups in total. The van der Waals surface area contributed by atoms with Gasteiger partial charge in [0.05, 0.1) is 6.61 Å². The fourth-order valence-electron chi connectivity index (χ4n) is 2.92. The van der Waals surface area contributed by atoms with Crippen LogP contribution in [-0.2, 0) is 9.53 Å². The predicted octanol–water partition coefficient (Wildman–Crippen LogP) is 2.58. The summed E-state index contributed by atoms with van der Waals surface area (Å²) in [5.41, 5.74) is 0.716. The lowest BCUT2D eigenvalue weighted by atomic mass is 9.90. The number of piperidine rings is 1. The van der Waals surface area contributed by atoms with E-state index >= 15 is 0 Å². The number of amides is 2. The van der Waals surface area contributed by atoms with E-state index in [0.717, 1.165) is 17.7 Å². The second kappa shape index (κ2) is 9.46. The van der Waals surface area contributed by atoms with Crippen LogP contribution < -0.4 is 5.32 Å². The molecule has 1 aromatic rings. The van der Waals surface area contributed by atoms with Crippen LogP contribution in [0.4, 0.5) is 4.79 Å². The minimum atomic E-state index is -0.464. The van der Waals surface area contributed by atoms with Gasteiger partial charge in [-0.15, -0.1) is 11.8 Å². The fraction of sp³-hybridized carbons (Fsp3) is 0.500. The van der Waals surface area contributed by atoms with Crippen molar-refractivity contribution in [3.63, 3.8) is 0 Å². The summed E-state index contributed by atoms with van der Waals surface area (Å²) in [6.45, 7) is 2.80. The van der Waals surface area contributed by atoms with Gasteiger partial charge in [-0.3, -0.25) is 9.59 Å². The Balaban J connectivity index is 1.97. The molecule has 1 heterocycles. The van der Waals surface area contributed by atoms with Gasteiger partial charge >= 0.3 is 12.0 Å². The molecule has 1 aliphatic heterocycles. The monoisotopic (exact) mass is 364 g/mol. The minimum absolute atomic E-state index is 0.0767. The lowest BCUT2D eigenvalue weighted by Gasteiger charge is -2.32. The molecule has 136 valence electrons. The Morgan fingerprint density at radius 2 is 2.08 bits per heavy atom. The maximum Gasteiger partial charge on any atom is 0.325 e. The van der Waals surface area contributed by atoms with Gasteiger partial charge in [-0.25, -0.2) is 4.79 Å². The fourth-order valence-corrected chi connectivity index (χ4v) is 3.52. The van der Waals surface area contributed by atoms with Crippen LogP contribution in [0, 0.1) is 5.92 Å². The summed E-state index contributed by atoms with van der Waals surface area (Å²) in [6, 6.07) is 7.22. The third kappa shape index (κ3) is 5.22. The lowest BCUT2D eigenvalue weighted by molar-refractivity contribution is -0.141. The third-order valence-corrected chi connectivity index (χ3v) is 4.94. The number of carbonyl (C=O) groups excluding carboxylic acids is 3. The van der Waals surface area contributed by atoms with Crippen molar-refractivity contribution in [2.75, 3.05) is 32.5 Å². The van der Waals surface area contributed by atoms with Crippen LogP contribution in [0.2, 0.25) is 0 Å². The van der Waals surface area contributed by atoms with Gasteiger partial charge in [-0.2, -0.15) is 0 Å². The highest BCUT2D eigenvalue weighted by Crippen LogP contribution is 2.26. The van der Waals surface area contributed by atoms with Crippen LogP contribution in [0.15, 0.2) is 29.2 Å². The van der Waals surface area contributed by atoms with Crippen molar-refractivity contribution in [3.05, 3.63) is 29.8 Å². The van der Waals surface area contributed by atoms with E-state index in [4.69, 9.17) is 4.74 Å². The first-order valence-electron chi connectivity index (χ1n) is 8.42. The standard InChI is InChI=1S/C18H24N2O4S/c1-3-24-16(21)11-19-18(23)20-10-6-7-13(12-20)17(22)14-8-4-5-9-15(14)25-2/h4-5,8-9,13H,3,6-7,10-12H2,1-2H3,(H,19,23)/t13-/m1/s1. The number of Topliss-reactive ketones (excluding diaryl/α,β-unsaturated/α-hetero) is 1. The molecular weight excluding hydrogens is 340 g/mol. The molecule has 2 rings (SSSR count). The van der Waals surface area contributed by atoms with Crippen LogP contribution >= 0.6 is 11.8 Å². The number of likely N-dealkylation sites (tertiary alicyclic amines) is 1. The number of ketones is 1. The molecule has 0 aromatic heterocycles. The zero-order valence-corrected chi connectivity index (χ0v) is 15.4. The van der Waals surface area contributed by atoms with Crippen molar-refractivity contribution in [3.8, 4) is 0 Å². The second-order valence-electron chi connectivity index (χ2n) is 5.81. The van der Waals surface area contributed by atoms with Gasteiger partial charge in [0, 0.05) is 29.5 Å². The first kappa shape index (κ1) is 19.3. The molecule has 7 heteroatoms. The molecule has 2 amide bonds. The number of thioether (sulfide) groups is 1. The van der Waals surface area contributed by atoms with Crippen molar-refractivity contribution in [1.29, 1.82) is 0 Å². The normalized spacial score (nSPS) is 17.0. The van der Waals surface area contributed by atoms with Crippen molar-refractivity contribution >= 4 is 29.5 Å². The van der Waals surface area contributed by atoms with Crippen LogP contribution in [0.5, 0.6) is 0 Å². The van der Waals surface area contributed by atoms with Crippen LogP contribution in [0.1, 0.15) is 30.1 Å². The van der Waals surface area contributed by atoms with Crippen LogP contribution in [-0.4, -0.2) is 55.2 Å². The molecule has 1 saturated heterocycles. The molecule has 0 aliphatic carbocycles. The summed E-state index contributed by atoms with van der Waals surface area (Å²) in [5.74, 6) is -0.599.